The van der Waals surface area contributed by atoms with E-state index >= 15 is 0 Å². The molecule has 0 spiro atoms. The van der Waals surface area contributed by atoms with Crippen LogP contribution in [0.15, 0.2) is 47.8 Å². The second-order valence-electron chi connectivity index (χ2n) is 5.19. The molecule has 1 N–H and O–H groups in total. The first-order valence-corrected chi connectivity index (χ1v) is 7.91. The van der Waals surface area contributed by atoms with Crippen LogP contribution in [0.2, 0.25) is 0 Å². The lowest BCUT2D eigenvalue weighted by molar-refractivity contribution is 0.322. The minimum absolute atomic E-state index is 0.881. The van der Waals surface area contributed by atoms with Gasteiger partial charge in [-0.2, -0.15) is 0 Å². The van der Waals surface area contributed by atoms with E-state index in [-0.39, 0.29) is 0 Å². The lowest BCUT2D eigenvalue weighted by atomic mass is 10.1. The van der Waals surface area contributed by atoms with E-state index in [0.717, 1.165) is 24.4 Å². The van der Waals surface area contributed by atoms with Crippen LogP contribution in [0, 0.1) is 0 Å². The minimum Gasteiger partial charge on any atom is -0.373 e. The SMILES string of the molecule is CNc1nc2ccccc2cc1CN(C)Cc1cccs1. The van der Waals surface area contributed by atoms with E-state index in [9.17, 15) is 0 Å². The quantitative estimate of drug-likeness (QED) is 0.772. The van der Waals surface area contributed by atoms with Gasteiger partial charge in [0.05, 0.1) is 5.52 Å². The second kappa shape index (κ2) is 6.24. The molecule has 0 aliphatic heterocycles. The van der Waals surface area contributed by atoms with E-state index in [4.69, 9.17) is 4.98 Å². The fourth-order valence-corrected chi connectivity index (χ4v) is 3.30. The zero-order valence-electron chi connectivity index (χ0n) is 12.3. The third-order valence-electron chi connectivity index (χ3n) is 3.49. The number of benzene rings is 1. The van der Waals surface area contributed by atoms with Crippen molar-refractivity contribution in [2.45, 2.75) is 13.1 Å². The van der Waals surface area contributed by atoms with Crippen LogP contribution >= 0.6 is 11.3 Å². The first-order chi connectivity index (χ1) is 10.3. The van der Waals surface area contributed by atoms with Crippen LogP contribution < -0.4 is 5.32 Å². The Morgan fingerprint density at radius 3 is 2.76 bits per heavy atom. The lowest BCUT2D eigenvalue weighted by Crippen LogP contribution is -2.17. The van der Waals surface area contributed by atoms with Crippen molar-refractivity contribution in [1.82, 2.24) is 9.88 Å². The highest BCUT2D eigenvalue weighted by molar-refractivity contribution is 7.09. The van der Waals surface area contributed by atoms with Gasteiger partial charge in [0.1, 0.15) is 5.82 Å². The minimum atomic E-state index is 0.881. The van der Waals surface area contributed by atoms with Crippen molar-refractivity contribution in [1.29, 1.82) is 0 Å². The van der Waals surface area contributed by atoms with E-state index in [1.165, 1.54) is 15.8 Å². The van der Waals surface area contributed by atoms with Crippen molar-refractivity contribution in [3.05, 3.63) is 58.3 Å². The molecular weight excluding hydrogens is 278 g/mol. The van der Waals surface area contributed by atoms with Gasteiger partial charge in [0.2, 0.25) is 0 Å². The molecule has 0 atom stereocenters. The Kier molecular flexibility index (Phi) is 4.18. The molecule has 108 valence electrons. The molecule has 0 fully saturated rings. The van der Waals surface area contributed by atoms with E-state index < -0.39 is 0 Å². The molecule has 0 unspecified atom stereocenters. The summed E-state index contributed by atoms with van der Waals surface area (Å²) in [5.74, 6) is 0.965. The van der Waals surface area contributed by atoms with Crippen LogP contribution in [0.1, 0.15) is 10.4 Å². The Balaban J connectivity index is 1.84. The number of thiophene rings is 1. The van der Waals surface area contributed by atoms with Crippen molar-refractivity contribution in [3.8, 4) is 0 Å². The zero-order chi connectivity index (χ0) is 14.7. The average Bonchev–Trinajstić information content (AvgIpc) is 2.99. The summed E-state index contributed by atoms with van der Waals surface area (Å²) in [6.07, 6.45) is 0. The van der Waals surface area contributed by atoms with Gasteiger partial charge in [-0.15, -0.1) is 11.3 Å². The van der Waals surface area contributed by atoms with Crippen molar-refractivity contribution >= 4 is 28.1 Å². The highest BCUT2D eigenvalue weighted by Crippen LogP contribution is 2.22. The summed E-state index contributed by atoms with van der Waals surface area (Å²) in [5, 5.41) is 6.53. The topological polar surface area (TPSA) is 28.2 Å². The van der Waals surface area contributed by atoms with Gasteiger partial charge in [-0.3, -0.25) is 4.90 Å². The fourth-order valence-electron chi connectivity index (χ4n) is 2.51. The maximum absolute atomic E-state index is 4.71. The van der Waals surface area contributed by atoms with Crippen LogP contribution in [0.25, 0.3) is 10.9 Å². The first kappa shape index (κ1) is 14.0. The third kappa shape index (κ3) is 3.23. The Morgan fingerprint density at radius 1 is 1.14 bits per heavy atom. The van der Waals surface area contributed by atoms with Crippen LogP contribution in [-0.2, 0) is 13.1 Å². The lowest BCUT2D eigenvalue weighted by Gasteiger charge is -2.18. The van der Waals surface area contributed by atoms with E-state index in [1.807, 2.05) is 13.1 Å². The van der Waals surface area contributed by atoms with E-state index in [1.54, 1.807) is 11.3 Å². The molecule has 0 amide bonds. The summed E-state index contributed by atoms with van der Waals surface area (Å²) >= 11 is 1.80. The van der Waals surface area contributed by atoms with Crippen molar-refractivity contribution < 1.29 is 0 Å². The maximum Gasteiger partial charge on any atom is 0.130 e. The number of aromatic nitrogens is 1. The molecule has 0 saturated heterocycles. The van der Waals surface area contributed by atoms with Gasteiger partial charge >= 0.3 is 0 Å². The molecule has 0 bridgehead atoms. The summed E-state index contributed by atoms with van der Waals surface area (Å²) in [5.41, 5.74) is 2.27. The van der Waals surface area contributed by atoms with Gasteiger partial charge in [0.15, 0.2) is 0 Å². The Bertz CT molecular complexity index is 722. The molecule has 0 saturated carbocycles. The number of rotatable bonds is 5. The van der Waals surface area contributed by atoms with Gasteiger partial charge in [-0.25, -0.2) is 4.98 Å². The number of hydrogen-bond acceptors (Lipinski definition) is 4. The number of fused-ring (bicyclic) bond motifs is 1. The molecule has 4 heteroatoms. The summed E-state index contributed by atoms with van der Waals surface area (Å²) in [6, 6.07) is 14.8. The van der Waals surface area contributed by atoms with Crippen LogP contribution in [-0.4, -0.2) is 24.0 Å². The zero-order valence-corrected chi connectivity index (χ0v) is 13.2. The average molecular weight is 297 g/mol. The fraction of sp³-hybridized carbons (Fsp3) is 0.235. The van der Waals surface area contributed by atoms with Crippen LogP contribution in [0.5, 0.6) is 0 Å². The molecule has 0 aliphatic rings. The van der Waals surface area contributed by atoms with Crippen molar-refractivity contribution in [2.75, 3.05) is 19.4 Å². The van der Waals surface area contributed by atoms with Gasteiger partial charge in [-0.05, 0) is 30.6 Å². The Hall–Kier alpha value is -1.91. The molecule has 2 aromatic heterocycles. The molecule has 3 nitrogen and oxygen atoms in total. The maximum atomic E-state index is 4.71. The van der Waals surface area contributed by atoms with Crippen LogP contribution in [0.3, 0.4) is 0 Å². The number of nitrogens with zero attached hydrogens (tertiary/aromatic N) is 2. The monoisotopic (exact) mass is 297 g/mol. The number of para-hydroxylation sites is 1. The van der Waals surface area contributed by atoms with Crippen molar-refractivity contribution in [2.24, 2.45) is 0 Å². The summed E-state index contributed by atoms with van der Waals surface area (Å²) in [4.78, 5) is 8.41. The molecule has 0 aliphatic carbocycles. The van der Waals surface area contributed by atoms with Crippen LogP contribution in [0.4, 0.5) is 5.82 Å². The molecule has 2 heterocycles. The third-order valence-corrected chi connectivity index (χ3v) is 4.35. The molecule has 1 aromatic carbocycles. The number of pyridine rings is 1. The van der Waals surface area contributed by atoms with Gasteiger partial charge in [-0.1, -0.05) is 24.3 Å². The van der Waals surface area contributed by atoms with Gasteiger partial charge in [0.25, 0.3) is 0 Å². The molecule has 0 radical (unpaired) electrons. The smallest absolute Gasteiger partial charge is 0.130 e. The van der Waals surface area contributed by atoms with Crippen molar-refractivity contribution in [3.63, 3.8) is 0 Å². The molecule has 3 aromatic rings. The van der Waals surface area contributed by atoms with Gasteiger partial charge in [0, 0.05) is 36.0 Å². The summed E-state index contributed by atoms with van der Waals surface area (Å²) in [6.45, 7) is 1.85. The highest BCUT2D eigenvalue weighted by atomic mass is 32.1. The predicted octanol–water partition coefficient (Wildman–Crippen LogP) is 3.97. The highest BCUT2D eigenvalue weighted by Gasteiger charge is 2.09. The Morgan fingerprint density at radius 2 is 2.00 bits per heavy atom. The standard InChI is InChI=1S/C17H19N3S/c1-18-17-14(10-13-6-3-4-8-16(13)19-17)11-20(2)12-15-7-5-9-21-15/h3-10H,11-12H2,1-2H3,(H,18,19). The second-order valence-corrected chi connectivity index (χ2v) is 6.22. The summed E-state index contributed by atoms with van der Waals surface area (Å²) in [7, 11) is 4.08. The van der Waals surface area contributed by atoms with E-state index in [2.05, 4.69) is 59.0 Å². The van der Waals surface area contributed by atoms with E-state index in [0.29, 0.717) is 0 Å². The predicted molar refractivity (Wildman–Crippen MR) is 90.8 cm³/mol. The van der Waals surface area contributed by atoms with Gasteiger partial charge < -0.3 is 5.32 Å². The summed E-state index contributed by atoms with van der Waals surface area (Å²) < 4.78 is 0. The normalized spacial score (nSPS) is 11.2. The molecule has 21 heavy (non-hydrogen) atoms. The number of nitrogens with one attached hydrogen (secondary N) is 1. The largest absolute Gasteiger partial charge is 0.373 e. The molecular formula is C17H19N3S. The molecule has 3 rings (SSSR count). The Labute approximate surface area is 129 Å². The first-order valence-electron chi connectivity index (χ1n) is 7.03. The number of anilines is 1. The number of hydrogen-bond donors (Lipinski definition) is 1.